The lowest BCUT2D eigenvalue weighted by molar-refractivity contribution is -0.137. The minimum atomic E-state index is -4.47. The summed E-state index contributed by atoms with van der Waals surface area (Å²) in [6, 6.07) is 12.6. The summed E-state index contributed by atoms with van der Waals surface area (Å²) >= 11 is 0.941. The van der Waals surface area contributed by atoms with Crippen LogP contribution in [0.2, 0.25) is 0 Å². The molecule has 25 heavy (non-hydrogen) atoms. The zero-order valence-electron chi connectivity index (χ0n) is 13.1. The summed E-state index contributed by atoms with van der Waals surface area (Å²) in [5.41, 5.74) is -0.220. The molecule has 0 aliphatic carbocycles. The largest absolute Gasteiger partial charge is 0.416 e. The number of benzene rings is 2. The number of carbonyl (C=O) groups is 2. The Balaban J connectivity index is 2.31. The molecule has 2 N–H and O–H groups in total. The fraction of sp³-hybridized carbons (Fsp3) is 0.176. The molecule has 2 aromatic rings. The number of nitrogens with one attached hydrogen (secondary N) is 2. The topological polar surface area (TPSA) is 58.2 Å². The first-order valence-corrected chi connectivity index (χ1v) is 8.10. The third kappa shape index (κ3) is 5.25. The van der Waals surface area contributed by atoms with E-state index < -0.39 is 28.9 Å². The van der Waals surface area contributed by atoms with Crippen molar-refractivity contribution >= 4 is 23.7 Å². The Morgan fingerprint density at radius 3 is 2.32 bits per heavy atom. The zero-order valence-corrected chi connectivity index (χ0v) is 13.9. The molecule has 2 aromatic carbocycles. The quantitative estimate of drug-likeness (QED) is 0.802. The molecule has 0 saturated carbocycles. The van der Waals surface area contributed by atoms with Crippen LogP contribution in [0.4, 0.5) is 18.0 Å². The van der Waals surface area contributed by atoms with Gasteiger partial charge in [-0.3, -0.25) is 10.1 Å². The minimum absolute atomic E-state index is 0.274. The Morgan fingerprint density at radius 2 is 1.72 bits per heavy atom. The molecule has 0 aliphatic heterocycles. The van der Waals surface area contributed by atoms with E-state index >= 15 is 0 Å². The molecule has 3 amide bonds. The SMILES string of the molecule is CNC(=O)NC(=O)[C@H](Sc1cccc(C(F)(F)F)c1)c1ccccc1. The summed E-state index contributed by atoms with van der Waals surface area (Å²) < 4.78 is 38.6. The van der Waals surface area contributed by atoms with Crippen molar-refractivity contribution in [2.45, 2.75) is 16.3 Å². The van der Waals surface area contributed by atoms with Crippen LogP contribution in [0.3, 0.4) is 0 Å². The minimum Gasteiger partial charge on any atom is -0.341 e. The van der Waals surface area contributed by atoms with Gasteiger partial charge in [0.2, 0.25) is 5.91 Å². The summed E-state index contributed by atoms with van der Waals surface area (Å²) in [5.74, 6) is -0.618. The number of urea groups is 1. The Bertz CT molecular complexity index is 751. The lowest BCUT2D eigenvalue weighted by Crippen LogP contribution is -2.39. The smallest absolute Gasteiger partial charge is 0.341 e. The molecule has 0 spiro atoms. The van der Waals surface area contributed by atoms with E-state index in [1.165, 1.54) is 19.2 Å². The maximum Gasteiger partial charge on any atom is 0.416 e. The number of imide groups is 1. The lowest BCUT2D eigenvalue weighted by atomic mass is 10.1. The predicted molar refractivity (Wildman–Crippen MR) is 89.1 cm³/mol. The van der Waals surface area contributed by atoms with Gasteiger partial charge in [0.25, 0.3) is 0 Å². The standard InChI is InChI=1S/C17H15F3N2O2S/c1-21-16(24)22-15(23)14(11-6-3-2-4-7-11)25-13-9-5-8-12(10-13)17(18,19)20/h2-10,14H,1H3,(H2,21,22,23,24)/t14-/m1/s1. The predicted octanol–water partition coefficient (Wildman–Crippen LogP) is 3.99. The van der Waals surface area contributed by atoms with E-state index in [0.29, 0.717) is 5.56 Å². The molecule has 4 nitrogen and oxygen atoms in total. The first-order chi connectivity index (χ1) is 11.8. The summed E-state index contributed by atoms with van der Waals surface area (Å²) in [6.07, 6.45) is -4.47. The first-order valence-electron chi connectivity index (χ1n) is 7.22. The normalized spacial score (nSPS) is 12.3. The van der Waals surface area contributed by atoms with Gasteiger partial charge in [0.05, 0.1) is 5.56 Å². The van der Waals surface area contributed by atoms with Gasteiger partial charge >= 0.3 is 12.2 Å². The maximum atomic E-state index is 12.9. The molecule has 0 radical (unpaired) electrons. The molecular weight excluding hydrogens is 353 g/mol. The second-order valence-corrected chi connectivity index (χ2v) is 6.18. The number of amides is 3. The molecule has 0 heterocycles. The van der Waals surface area contributed by atoms with Crippen LogP contribution < -0.4 is 10.6 Å². The van der Waals surface area contributed by atoms with E-state index in [1.54, 1.807) is 30.3 Å². The van der Waals surface area contributed by atoms with E-state index in [9.17, 15) is 22.8 Å². The van der Waals surface area contributed by atoms with E-state index in [0.717, 1.165) is 23.9 Å². The van der Waals surface area contributed by atoms with Crippen molar-refractivity contribution in [3.8, 4) is 0 Å². The van der Waals surface area contributed by atoms with Crippen molar-refractivity contribution < 1.29 is 22.8 Å². The lowest BCUT2D eigenvalue weighted by Gasteiger charge is -2.17. The maximum absolute atomic E-state index is 12.9. The van der Waals surface area contributed by atoms with Crippen LogP contribution in [0.25, 0.3) is 0 Å². The molecule has 0 unspecified atom stereocenters. The van der Waals surface area contributed by atoms with Crippen LogP contribution >= 0.6 is 11.8 Å². The van der Waals surface area contributed by atoms with Gasteiger partial charge < -0.3 is 5.32 Å². The summed E-state index contributed by atoms with van der Waals surface area (Å²) in [4.78, 5) is 24.1. The molecule has 0 aromatic heterocycles. The molecular formula is C17H15F3N2O2S. The Morgan fingerprint density at radius 1 is 1.04 bits per heavy atom. The van der Waals surface area contributed by atoms with E-state index in [1.807, 2.05) is 0 Å². The third-order valence-electron chi connectivity index (χ3n) is 3.22. The second kappa shape index (κ2) is 8.06. The average molecular weight is 368 g/mol. The Kier molecular flexibility index (Phi) is 6.08. The molecule has 0 aliphatic rings. The third-order valence-corrected chi connectivity index (χ3v) is 4.47. The van der Waals surface area contributed by atoms with Crippen LogP contribution in [0.15, 0.2) is 59.5 Å². The van der Waals surface area contributed by atoms with E-state index in [-0.39, 0.29) is 4.90 Å². The van der Waals surface area contributed by atoms with Gasteiger partial charge in [-0.05, 0) is 23.8 Å². The van der Waals surface area contributed by atoms with Gasteiger partial charge in [0.1, 0.15) is 5.25 Å². The van der Waals surface area contributed by atoms with Gasteiger partial charge in [-0.2, -0.15) is 13.2 Å². The van der Waals surface area contributed by atoms with Crippen molar-refractivity contribution in [3.63, 3.8) is 0 Å². The number of carbonyl (C=O) groups excluding carboxylic acids is 2. The molecule has 0 saturated heterocycles. The molecule has 1 atom stereocenters. The highest BCUT2D eigenvalue weighted by atomic mass is 32.2. The van der Waals surface area contributed by atoms with Crippen molar-refractivity contribution in [3.05, 3.63) is 65.7 Å². The first kappa shape index (κ1) is 18.9. The average Bonchev–Trinajstić information content (AvgIpc) is 2.59. The van der Waals surface area contributed by atoms with Gasteiger partial charge in [-0.15, -0.1) is 11.8 Å². The molecule has 0 fully saturated rings. The van der Waals surface area contributed by atoms with Crippen LogP contribution in [-0.2, 0) is 11.0 Å². The van der Waals surface area contributed by atoms with E-state index in [4.69, 9.17) is 0 Å². The van der Waals surface area contributed by atoms with Crippen molar-refractivity contribution in [2.24, 2.45) is 0 Å². The van der Waals surface area contributed by atoms with Crippen LogP contribution in [0.5, 0.6) is 0 Å². The molecule has 2 rings (SSSR count). The van der Waals surface area contributed by atoms with Gasteiger partial charge in [-0.1, -0.05) is 36.4 Å². The number of hydrogen-bond acceptors (Lipinski definition) is 3. The zero-order chi connectivity index (χ0) is 18.4. The van der Waals surface area contributed by atoms with Crippen molar-refractivity contribution in [1.29, 1.82) is 0 Å². The van der Waals surface area contributed by atoms with E-state index in [2.05, 4.69) is 10.6 Å². The number of rotatable bonds is 4. The number of thioether (sulfide) groups is 1. The highest BCUT2D eigenvalue weighted by Gasteiger charge is 2.31. The Hall–Kier alpha value is -2.48. The molecule has 8 heteroatoms. The molecule has 0 bridgehead atoms. The number of halogens is 3. The number of hydrogen-bond donors (Lipinski definition) is 2. The fourth-order valence-electron chi connectivity index (χ4n) is 2.02. The van der Waals surface area contributed by atoms with Gasteiger partial charge in [0, 0.05) is 11.9 Å². The summed E-state index contributed by atoms with van der Waals surface area (Å²) in [6.45, 7) is 0. The monoisotopic (exact) mass is 368 g/mol. The number of alkyl halides is 3. The summed E-state index contributed by atoms with van der Waals surface area (Å²) in [7, 11) is 1.36. The van der Waals surface area contributed by atoms with Crippen LogP contribution in [0, 0.1) is 0 Å². The van der Waals surface area contributed by atoms with Crippen LogP contribution in [0.1, 0.15) is 16.4 Å². The second-order valence-electron chi connectivity index (χ2n) is 5.00. The van der Waals surface area contributed by atoms with Crippen molar-refractivity contribution in [1.82, 2.24) is 10.6 Å². The van der Waals surface area contributed by atoms with Crippen molar-refractivity contribution in [2.75, 3.05) is 7.05 Å². The summed E-state index contributed by atoms with van der Waals surface area (Å²) in [5, 5.41) is 3.55. The molecule has 132 valence electrons. The Labute approximate surface area is 146 Å². The van der Waals surface area contributed by atoms with Gasteiger partial charge in [-0.25, -0.2) is 4.79 Å². The highest BCUT2D eigenvalue weighted by molar-refractivity contribution is 8.00. The van der Waals surface area contributed by atoms with Crippen LogP contribution in [-0.4, -0.2) is 19.0 Å². The van der Waals surface area contributed by atoms with Gasteiger partial charge in [0.15, 0.2) is 0 Å². The highest BCUT2D eigenvalue weighted by Crippen LogP contribution is 2.38. The fourth-order valence-corrected chi connectivity index (χ4v) is 3.11.